The maximum Gasteiger partial charge on any atom is 0.361 e. The van der Waals surface area contributed by atoms with E-state index in [0.717, 1.165) is 23.0 Å². The Balaban J connectivity index is 2.37. The lowest BCUT2D eigenvalue weighted by molar-refractivity contribution is 0.00627. The van der Waals surface area contributed by atoms with Crippen LogP contribution < -0.4 is 0 Å². The third-order valence-electron chi connectivity index (χ3n) is 2.35. The molecule has 21 heavy (non-hydrogen) atoms. The number of carbonyl (C=O) groups is 1. The fourth-order valence-electron chi connectivity index (χ4n) is 1.52. The minimum atomic E-state index is -0.989. The smallest absolute Gasteiger partial charge is 0.361 e. The van der Waals surface area contributed by atoms with Gasteiger partial charge in [0.05, 0.1) is 11.2 Å². The van der Waals surface area contributed by atoms with E-state index >= 15 is 0 Å². The largest absolute Gasteiger partial charge is 0.455 e. The first-order chi connectivity index (χ1) is 9.69. The molecule has 2 aromatic rings. The van der Waals surface area contributed by atoms with Gasteiger partial charge in [-0.25, -0.2) is 18.3 Å². The van der Waals surface area contributed by atoms with Gasteiger partial charge in [0, 0.05) is 0 Å². The molecular weight excluding hydrogens is 304 g/mol. The van der Waals surface area contributed by atoms with Crippen LogP contribution in [0.2, 0.25) is 5.02 Å². The van der Waals surface area contributed by atoms with Gasteiger partial charge in [-0.2, -0.15) is 0 Å². The first kappa shape index (κ1) is 15.4. The highest BCUT2D eigenvalue weighted by atomic mass is 35.5. The van der Waals surface area contributed by atoms with Gasteiger partial charge in [-0.15, -0.1) is 5.10 Å². The van der Waals surface area contributed by atoms with Crippen molar-refractivity contribution in [2.45, 2.75) is 26.4 Å². The number of aromatic nitrogens is 3. The third-order valence-corrected chi connectivity index (χ3v) is 2.64. The van der Waals surface area contributed by atoms with Crippen LogP contribution in [0.3, 0.4) is 0 Å². The molecule has 0 N–H and O–H groups in total. The van der Waals surface area contributed by atoms with E-state index in [4.69, 9.17) is 16.3 Å². The highest BCUT2D eigenvalue weighted by Gasteiger charge is 2.22. The summed E-state index contributed by atoms with van der Waals surface area (Å²) in [6.07, 6.45) is 1.08. The molecule has 2 rings (SSSR count). The third kappa shape index (κ3) is 3.36. The molecule has 0 saturated heterocycles. The van der Waals surface area contributed by atoms with Gasteiger partial charge in [0.2, 0.25) is 0 Å². The summed E-state index contributed by atoms with van der Waals surface area (Å²) in [6.45, 7) is 5.06. The lowest BCUT2D eigenvalue weighted by Gasteiger charge is -2.18. The Labute approximate surface area is 124 Å². The van der Waals surface area contributed by atoms with E-state index in [9.17, 15) is 13.6 Å². The number of nitrogens with zero attached hydrogens (tertiary/aromatic N) is 3. The van der Waals surface area contributed by atoms with Crippen LogP contribution in [0.4, 0.5) is 8.78 Å². The molecular formula is C13H12ClF2N3O2. The second-order valence-electron chi connectivity index (χ2n) is 5.24. The molecule has 1 aromatic carbocycles. The molecule has 0 bridgehead atoms. The summed E-state index contributed by atoms with van der Waals surface area (Å²) in [7, 11) is 0. The van der Waals surface area contributed by atoms with Gasteiger partial charge in [-0.3, -0.25) is 0 Å². The molecule has 0 spiro atoms. The zero-order valence-corrected chi connectivity index (χ0v) is 12.3. The van der Waals surface area contributed by atoms with E-state index in [1.54, 1.807) is 20.8 Å². The van der Waals surface area contributed by atoms with Crippen molar-refractivity contribution in [2.75, 3.05) is 0 Å². The zero-order valence-electron chi connectivity index (χ0n) is 11.5. The van der Waals surface area contributed by atoms with Crippen LogP contribution in [0.15, 0.2) is 18.3 Å². The molecule has 5 nitrogen and oxygen atoms in total. The van der Waals surface area contributed by atoms with E-state index in [1.807, 2.05) is 0 Å². The number of benzene rings is 1. The molecule has 0 amide bonds. The number of rotatable bonds is 2. The van der Waals surface area contributed by atoms with Gasteiger partial charge in [-0.05, 0) is 32.9 Å². The van der Waals surface area contributed by atoms with E-state index in [0.29, 0.717) is 0 Å². The lowest BCUT2D eigenvalue weighted by atomic mass is 10.2. The van der Waals surface area contributed by atoms with Crippen LogP contribution in [-0.2, 0) is 4.74 Å². The lowest BCUT2D eigenvalue weighted by Crippen LogP contribution is -2.24. The molecule has 0 aliphatic heterocycles. The van der Waals surface area contributed by atoms with Crippen molar-refractivity contribution in [3.05, 3.63) is 40.7 Å². The number of hydrogen-bond donors (Lipinski definition) is 0. The fraction of sp³-hybridized carbons (Fsp3) is 0.308. The Morgan fingerprint density at radius 1 is 1.33 bits per heavy atom. The summed E-state index contributed by atoms with van der Waals surface area (Å²) in [5, 5.41) is 6.81. The van der Waals surface area contributed by atoms with Crippen LogP contribution in [0.1, 0.15) is 31.3 Å². The van der Waals surface area contributed by atoms with Crippen molar-refractivity contribution >= 4 is 17.6 Å². The summed E-state index contributed by atoms with van der Waals surface area (Å²) in [4.78, 5) is 11.8. The van der Waals surface area contributed by atoms with Crippen LogP contribution in [-0.4, -0.2) is 26.6 Å². The molecule has 112 valence electrons. The SMILES string of the molecule is CC(C)(C)OC(=O)c1cn(-c2c(F)ccc(Cl)c2F)nn1. The molecule has 0 unspecified atom stereocenters. The zero-order chi connectivity index (χ0) is 15.8. The maximum absolute atomic E-state index is 13.9. The van der Waals surface area contributed by atoms with Gasteiger partial charge in [0.15, 0.2) is 17.3 Å². The monoisotopic (exact) mass is 315 g/mol. The van der Waals surface area contributed by atoms with E-state index in [-0.39, 0.29) is 10.7 Å². The molecule has 0 aliphatic carbocycles. The van der Waals surface area contributed by atoms with Crippen molar-refractivity contribution in [3.63, 3.8) is 0 Å². The van der Waals surface area contributed by atoms with Crippen LogP contribution in [0, 0.1) is 11.6 Å². The number of esters is 1. The topological polar surface area (TPSA) is 57.0 Å². The quantitative estimate of drug-likeness (QED) is 0.631. The highest BCUT2D eigenvalue weighted by Crippen LogP contribution is 2.24. The fourth-order valence-corrected chi connectivity index (χ4v) is 1.68. The standard InChI is InChI=1S/C13H12ClF2N3O2/c1-13(2,3)21-12(20)9-6-19(18-17-9)11-8(15)5-4-7(14)10(11)16/h4-6H,1-3H3. The second-order valence-corrected chi connectivity index (χ2v) is 5.65. The van der Waals surface area contributed by atoms with Crippen molar-refractivity contribution < 1.29 is 18.3 Å². The Hall–Kier alpha value is -2.02. The number of halogens is 3. The number of ether oxygens (including phenoxy) is 1. The van der Waals surface area contributed by atoms with Crippen LogP contribution in [0.25, 0.3) is 5.69 Å². The van der Waals surface area contributed by atoms with E-state index < -0.39 is 28.9 Å². The normalized spacial score (nSPS) is 11.5. The van der Waals surface area contributed by atoms with Gasteiger partial charge >= 0.3 is 5.97 Å². The van der Waals surface area contributed by atoms with Crippen molar-refractivity contribution in [1.29, 1.82) is 0 Å². The Morgan fingerprint density at radius 3 is 2.62 bits per heavy atom. The van der Waals surface area contributed by atoms with E-state index in [1.165, 1.54) is 0 Å². The highest BCUT2D eigenvalue weighted by molar-refractivity contribution is 6.30. The molecule has 0 saturated carbocycles. The summed E-state index contributed by atoms with van der Waals surface area (Å²) < 4.78 is 33.4. The molecule has 1 heterocycles. The Bertz CT molecular complexity index is 695. The van der Waals surface area contributed by atoms with Gasteiger partial charge in [-0.1, -0.05) is 16.8 Å². The minimum absolute atomic E-state index is 0.163. The minimum Gasteiger partial charge on any atom is -0.455 e. The van der Waals surface area contributed by atoms with E-state index in [2.05, 4.69) is 10.3 Å². The van der Waals surface area contributed by atoms with Crippen molar-refractivity contribution in [3.8, 4) is 5.69 Å². The first-order valence-electron chi connectivity index (χ1n) is 5.98. The average molecular weight is 316 g/mol. The molecule has 0 aliphatic rings. The van der Waals surface area contributed by atoms with Crippen molar-refractivity contribution in [2.24, 2.45) is 0 Å². The molecule has 1 aromatic heterocycles. The molecule has 8 heteroatoms. The number of carbonyl (C=O) groups excluding carboxylic acids is 1. The summed E-state index contributed by atoms with van der Waals surface area (Å²) in [6, 6.07) is 2.08. The molecule has 0 fully saturated rings. The molecule has 0 radical (unpaired) electrons. The van der Waals surface area contributed by atoms with Crippen LogP contribution >= 0.6 is 11.6 Å². The van der Waals surface area contributed by atoms with Gasteiger partial charge < -0.3 is 4.74 Å². The summed E-state index contributed by atoms with van der Waals surface area (Å²) in [5.41, 5.74) is -1.39. The Morgan fingerprint density at radius 2 is 2.00 bits per heavy atom. The van der Waals surface area contributed by atoms with Crippen molar-refractivity contribution in [1.82, 2.24) is 15.0 Å². The maximum atomic E-state index is 13.9. The summed E-state index contributed by atoms with van der Waals surface area (Å²) in [5.74, 6) is -2.61. The average Bonchev–Trinajstić information content (AvgIpc) is 2.82. The summed E-state index contributed by atoms with van der Waals surface area (Å²) >= 11 is 5.60. The predicted molar refractivity (Wildman–Crippen MR) is 71.5 cm³/mol. The van der Waals surface area contributed by atoms with Gasteiger partial charge in [0.25, 0.3) is 0 Å². The predicted octanol–water partition coefficient (Wildman–Crippen LogP) is 3.15. The molecule has 0 atom stereocenters. The van der Waals surface area contributed by atoms with Crippen LogP contribution in [0.5, 0.6) is 0 Å². The first-order valence-corrected chi connectivity index (χ1v) is 6.36. The Kier molecular flexibility index (Phi) is 3.95. The van der Waals surface area contributed by atoms with Gasteiger partial charge in [0.1, 0.15) is 11.3 Å². The number of hydrogen-bond acceptors (Lipinski definition) is 4. The second kappa shape index (κ2) is 5.40.